The van der Waals surface area contributed by atoms with Crippen LogP contribution in [0.1, 0.15) is 90.4 Å². The number of amides is 4. The van der Waals surface area contributed by atoms with Crippen molar-refractivity contribution in [1.82, 2.24) is 37.2 Å². The lowest BCUT2D eigenvalue weighted by atomic mass is 10.1. The molecule has 1 rings (SSSR count). The first-order chi connectivity index (χ1) is 22.3. The molecule has 1 aliphatic heterocycles. The molecule has 0 aromatic heterocycles. The van der Waals surface area contributed by atoms with E-state index >= 15 is 0 Å². The van der Waals surface area contributed by atoms with Gasteiger partial charge < -0.3 is 47.1 Å². The van der Waals surface area contributed by atoms with E-state index in [2.05, 4.69) is 32.2 Å². The predicted molar refractivity (Wildman–Crippen MR) is 166 cm³/mol. The first kappa shape index (κ1) is 40.4. The van der Waals surface area contributed by atoms with E-state index < -0.39 is 53.8 Å². The fourth-order valence-corrected chi connectivity index (χ4v) is 4.38. The van der Waals surface area contributed by atoms with Gasteiger partial charge in [0.15, 0.2) is 0 Å². The lowest BCUT2D eigenvalue weighted by molar-refractivity contribution is -0.143. The minimum atomic E-state index is -1.31. The predicted octanol–water partition coefficient (Wildman–Crippen LogP) is 0.467. The number of carboxylic acids is 4. The van der Waals surface area contributed by atoms with Crippen LogP contribution in [0.4, 0.5) is 4.79 Å². The Labute approximate surface area is 273 Å². The van der Waals surface area contributed by atoms with Gasteiger partial charge in [-0.05, 0) is 44.9 Å². The van der Waals surface area contributed by atoms with Crippen LogP contribution in [0.2, 0.25) is 0 Å². The van der Waals surface area contributed by atoms with Gasteiger partial charge in [0.2, 0.25) is 11.8 Å². The monoisotopic (exact) mass is 671 g/mol. The molecule has 3 atom stereocenters. The van der Waals surface area contributed by atoms with E-state index in [4.69, 9.17) is 15.3 Å². The van der Waals surface area contributed by atoms with E-state index in [-0.39, 0.29) is 38.0 Å². The topological polar surface area (TPSA) is 276 Å². The smallest absolute Gasteiger partial charge is 0.326 e. The molecule has 0 fully saturated rings. The minimum Gasteiger partial charge on any atom is -0.481 e. The van der Waals surface area contributed by atoms with Crippen LogP contribution in [-0.4, -0.2) is 98.9 Å². The molecule has 0 spiro atoms. The summed E-state index contributed by atoms with van der Waals surface area (Å²) in [5.41, 5.74) is 6.39. The van der Waals surface area contributed by atoms with Gasteiger partial charge in [0, 0.05) is 57.2 Å². The zero-order chi connectivity index (χ0) is 35.2. The first-order valence-corrected chi connectivity index (χ1v) is 15.8. The average molecular weight is 672 g/mol. The summed E-state index contributed by atoms with van der Waals surface area (Å²) in [6.45, 7) is 2.93. The van der Waals surface area contributed by atoms with Gasteiger partial charge >= 0.3 is 29.9 Å². The average Bonchev–Trinajstić information content (AvgIpc) is 3.45. The number of hydrogen-bond acceptors (Lipinski definition) is 10. The van der Waals surface area contributed by atoms with Gasteiger partial charge in [-0.1, -0.05) is 19.8 Å². The summed E-state index contributed by atoms with van der Waals surface area (Å²) >= 11 is 0. The van der Waals surface area contributed by atoms with E-state index in [1.54, 1.807) is 11.2 Å². The highest BCUT2D eigenvalue weighted by Crippen LogP contribution is 2.12. The third-order valence-electron chi connectivity index (χ3n) is 7.22. The van der Waals surface area contributed by atoms with Gasteiger partial charge in [-0.15, -0.1) is 5.53 Å². The molecule has 0 radical (unpaired) electrons. The molecule has 1 heterocycles. The van der Waals surface area contributed by atoms with Crippen LogP contribution in [0, 0.1) is 5.92 Å². The highest BCUT2D eigenvalue weighted by Gasteiger charge is 2.24. The van der Waals surface area contributed by atoms with Crippen molar-refractivity contribution in [3.05, 3.63) is 11.9 Å². The molecule has 0 saturated carbocycles. The zero-order valence-electron chi connectivity index (χ0n) is 26.7. The third kappa shape index (κ3) is 19.5. The van der Waals surface area contributed by atoms with E-state index in [1.807, 2.05) is 0 Å². The second kappa shape index (κ2) is 22.8. The number of aliphatic carboxylic acids is 4. The molecule has 0 aromatic carbocycles. The van der Waals surface area contributed by atoms with Gasteiger partial charge in [-0.25, -0.2) is 14.4 Å². The van der Waals surface area contributed by atoms with Crippen LogP contribution in [0.5, 0.6) is 0 Å². The van der Waals surface area contributed by atoms with Gasteiger partial charge in [-0.2, -0.15) is 0 Å². The fraction of sp³-hybridized carbons (Fsp3) is 0.690. The number of carbonyl (C=O) groups excluding carboxylic acids is 3. The molecular formula is C29H49N7O11. The van der Waals surface area contributed by atoms with Crippen LogP contribution in [0.25, 0.3) is 0 Å². The number of hydrazine groups is 2. The Morgan fingerprint density at radius 1 is 0.702 bits per heavy atom. The van der Waals surface area contributed by atoms with Crippen molar-refractivity contribution in [1.29, 1.82) is 0 Å². The van der Waals surface area contributed by atoms with Gasteiger partial charge in [0.1, 0.15) is 12.1 Å². The lowest BCUT2D eigenvalue weighted by Gasteiger charge is -2.15. The van der Waals surface area contributed by atoms with Crippen LogP contribution in [0.15, 0.2) is 11.9 Å². The van der Waals surface area contributed by atoms with Crippen molar-refractivity contribution in [3.63, 3.8) is 0 Å². The van der Waals surface area contributed by atoms with Crippen molar-refractivity contribution in [2.75, 3.05) is 19.6 Å². The van der Waals surface area contributed by atoms with Crippen molar-refractivity contribution in [2.45, 2.75) is 102 Å². The Kier molecular flexibility index (Phi) is 19.6. The quantitative estimate of drug-likeness (QED) is 0.0560. The molecule has 18 heteroatoms. The molecule has 18 nitrogen and oxygen atoms in total. The molecule has 0 bridgehead atoms. The molecule has 0 aromatic rings. The number of nitrogens with one attached hydrogen (secondary N) is 6. The Balaban J connectivity index is 2.11. The van der Waals surface area contributed by atoms with Crippen LogP contribution >= 0.6 is 0 Å². The standard InChI is InChI=1S/C29H49N7O11/c1-19(26(41)42)10-12-24(38)32-22(28(45)46)17-20-18-36(35-34-20)16-8-3-2-5-9-23(37)30-14-6-4-7-15-31-29(47)33-21(27(43)44)11-13-25(39)40/h18-19,21-22,34-35H,2-17H2,1H3,(H,30,37)(H,32,38)(H,39,40)(H,41,42)(H,43,44)(H,45,46)(H2,31,33,47)/t19?,21-,22?/m0/s1. The van der Waals surface area contributed by atoms with Crippen molar-refractivity contribution < 1.29 is 54.0 Å². The number of unbranched alkanes of at least 4 members (excludes halogenated alkanes) is 5. The Bertz CT molecular complexity index is 1100. The number of rotatable bonds is 26. The molecule has 1 aliphatic rings. The van der Waals surface area contributed by atoms with Gasteiger partial charge in [0.05, 0.1) is 5.92 Å². The van der Waals surface area contributed by atoms with Crippen LogP contribution < -0.4 is 32.2 Å². The van der Waals surface area contributed by atoms with E-state index in [1.165, 1.54) is 6.92 Å². The molecule has 2 unspecified atom stereocenters. The van der Waals surface area contributed by atoms with Gasteiger partial charge in [0.25, 0.3) is 0 Å². The molecule has 266 valence electrons. The van der Waals surface area contributed by atoms with Gasteiger partial charge in [-0.3, -0.25) is 24.2 Å². The third-order valence-corrected chi connectivity index (χ3v) is 7.22. The highest BCUT2D eigenvalue weighted by molar-refractivity contribution is 5.84. The maximum Gasteiger partial charge on any atom is 0.326 e. The fourth-order valence-electron chi connectivity index (χ4n) is 4.38. The molecule has 47 heavy (non-hydrogen) atoms. The number of urea groups is 1. The number of nitrogens with zero attached hydrogens (tertiary/aromatic N) is 1. The second-order valence-corrected chi connectivity index (χ2v) is 11.3. The SMILES string of the molecule is CC(CCC(=O)NC(CC1=CN(CCCCCCC(=O)NCCCCCNC(=O)N[C@@H](CCC(=O)O)C(=O)O)NN1)C(=O)O)C(=O)O. The minimum absolute atomic E-state index is 0.0226. The summed E-state index contributed by atoms with van der Waals surface area (Å²) in [6, 6.07) is -3.13. The Hall–Kier alpha value is -4.61. The summed E-state index contributed by atoms with van der Waals surface area (Å²) in [4.78, 5) is 80.2. The van der Waals surface area contributed by atoms with Crippen molar-refractivity contribution in [2.24, 2.45) is 5.92 Å². The molecule has 4 amide bonds. The highest BCUT2D eigenvalue weighted by atomic mass is 16.4. The zero-order valence-corrected chi connectivity index (χ0v) is 26.7. The molecule has 0 saturated heterocycles. The number of hydrogen-bond donors (Lipinski definition) is 10. The first-order valence-electron chi connectivity index (χ1n) is 15.8. The van der Waals surface area contributed by atoms with Crippen LogP contribution in [0.3, 0.4) is 0 Å². The van der Waals surface area contributed by atoms with E-state index in [0.29, 0.717) is 44.6 Å². The largest absolute Gasteiger partial charge is 0.481 e. The van der Waals surface area contributed by atoms with E-state index in [0.717, 1.165) is 32.1 Å². The summed E-state index contributed by atoms with van der Waals surface area (Å²) in [5, 5.41) is 48.0. The summed E-state index contributed by atoms with van der Waals surface area (Å²) < 4.78 is 0. The summed E-state index contributed by atoms with van der Waals surface area (Å²) in [7, 11) is 0. The Morgan fingerprint density at radius 3 is 1.98 bits per heavy atom. The maximum absolute atomic E-state index is 12.1. The molecule has 0 aliphatic carbocycles. The summed E-state index contributed by atoms with van der Waals surface area (Å²) in [6.07, 6.45) is 6.95. The Morgan fingerprint density at radius 2 is 1.34 bits per heavy atom. The normalized spacial score (nSPS) is 14.1. The molecular weight excluding hydrogens is 622 g/mol. The van der Waals surface area contributed by atoms with Crippen LogP contribution in [-0.2, 0) is 28.8 Å². The second-order valence-electron chi connectivity index (χ2n) is 11.3. The number of carboxylic acid groups (broad SMARTS) is 4. The maximum atomic E-state index is 12.1. The van der Waals surface area contributed by atoms with Crippen molar-refractivity contribution in [3.8, 4) is 0 Å². The lowest BCUT2D eigenvalue weighted by Crippen LogP contribution is -2.46. The molecule has 10 N–H and O–H groups in total. The number of carbonyl (C=O) groups is 7. The van der Waals surface area contributed by atoms with Crippen molar-refractivity contribution >= 4 is 41.7 Å². The van der Waals surface area contributed by atoms with E-state index in [9.17, 15) is 38.7 Å². The summed E-state index contributed by atoms with van der Waals surface area (Å²) in [5.74, 6) is -5.94.